The molecule has 1 heterocycles. The van der Waals surface area contributed by atoms with Gasteiger partial charge in [0.15, 0.2) is 0 Å². The fourth-order valence-electron chi connectivity index (χ4n) is 4.19. The summed E-state index contributed by atoms with van der Waals surface area (Å²) in [6.45, 7) is 2.69. The molecule has 4 atom stereocenters. The topological polar surface area (TPSA) is 29.3 Å². The minimum absolute atomic E-state index is 0.488. The van der Waals surface area contributed by atoms with Crippen molar-refractivity contribution in [3.63, 3.8) is 0 Å². The molecule has 0 spiro atoms. The molecule has 2 aliphatic carbocycles. The first-order valence-electron chi connectivity index (χ1n) is 7.32. The zero-order valence-corrected chi connectivity index (χ0v) is 10.4. The van der Waals surface area contributed by atoms with Gasteiger partial charge < -0.3 is 5.73 Å². The predicted octanol–water partition coefficient (Wildman–Crippen LogP) is 2.38. The van der Waals surface area contributed by atoms with E-state index in [1.165, 1.54) is 64.5 Å². The van der Waals surface area contributed by atoms with Crippen LogP contribution in [0.4, 0.5) is 0 Å². The van der Waals surface area contributed by atoms with Crippen molar-refractivity contribution in [3.05, 3.63) is 0 Å². The van der Waals surface area contributed by atoms with E-state index in [4.69, 9.17) is 5.73 Å². The van der Waals surface area contributed by atoms with Gasteiger partial charge in [0, 0.05) is 25.2 Å². The summed E-state index contributed by atoms with van der Waals surface area (Å²) in [6.07, 6.45) is 11.3. The minimum atomic E-state index is 0.488. The van der Waals surface area contributed by atoms with Crippen LogP contribution in [0.3, 0.4) is 0 Å². The Labute approximate surface area is 99.6 Å². The maximum Gasteiger partial charge on any atom is 0.00987 e. The molecule has 0 aromatic heterocycles. The van der Waals surface area contributed by atoms with Gasteiger partial charge in [-0.05, 0) is 43.9 Å². The van der Waals surface area contributed by atoms with Gasteiger partial charge in [-0.2, -0.15) is 0 Å². The molecule has 0 aromatic carbocycles. The standard InChI is InChI=1S/C14H26N2/c15-14-5-3-1-2-4-12(14)10-16-9-11-6-7-13(16)8-11/h11-14H,1-10,15H2. The van der Waals surface area contributed by atoms with Crippen molar-refractivity contribution < 1.29 is 0 Å². The fraction of sp³-hybridized carbons (Fsp3) is 1.00. The highest BCUT2D eigenvalue weighted by atomic mass is 15.2. The van der Waals surface area contributed by atoms with Gasteiger partial charge in [0.05, 0.1) is 0 Å². The van der Waals surface area contributed by atoms with E-state index in [0.717, 1.165) is 17.9 Å². The molecule has 0 amide bonds. The second-order valence-corrected chi connectivity index (χ2v) is 6.35. The van der Waals surface area contributed by atoms with Gasteiger partial charge in [0.1, 0.15) is 0 Å². The minimum Gasteiger partial charge on any atom is -0.327 e. The van der Waals surface area contributed by atoms with Gasteiger partial charge in [-0.1, -0.05) is 19.3 Å². The Balaban J connectivity index is 1.56. The molecule has 1 aliphatic heterocycles. The molecule has 2 heteroatoms. The lowest BCUT2D eigenvalue weighted by atomic mass is 9.94. The molecule has 16 heavy (non-hydrogen) atoms. The Bertz CT molecular complexity index is 241. The van der Waals surface area contributed by atoms with Gasteiger partial charge in [-0.15, -0.1) is 0 Å². The van der Waals surface area contributed by atoms with Crippen LogP contribution in [0.25, 0.3) is 0 Å². The average Bonchev–Trinajstić information content (AvgIpc) is 2.83. The summed E-state index contributed by atoms with van der Waals surface area (Å²) < 4.78 is 0. The highest BCUT2D eigenvalue weighted by Gasteiger charge is 2.38. The van der Waals surface area contributed by atoms with E-state index < -0.39 is 0 Å². The summed E-state index contributed by atoms with van der Waals surface area (Å²) in [5.74, 6) is 1.83. The van der Waals surface area contributed by atoms with Crippen LogP contribution in [0.2, 0.25) is 0 Å². The predicted molar refractivity (Wildman–Crippen MR) is 67.3 cm³/mol. The molecular formula is C14H26N2. The third-order valence-electron chi connectivity index (χ3n) is 5.21. The van der Waals surface area contributed by atoms with E-state index >= 15 is 0 Å². The largest absolute Gasteiger partial charge is 0.327 e. The van der Waals surface area contributed by atoms with E-state index in [-0.39, 0.29) is 0 Å². The Morgan fingerprint density at radius 1 is 1.00 bits per heavy atom. The Hall–Kier alpha value is -0.0800. The normalized spacial score (nSPS) is 44.8. The van der Waals surface area contributed by atoms with Crippen molar-refractivity contribution in [2.24, 2.45) is 17.6 Å². The van der Waals surface area contributed by atoms with Crippen LogP contribution in [0.15, 0.2) is 0 Å². The molecule has 3 rings (SSSR count). The van der Waals surface area contributed by atoms with Crippen molar-refractivity contribution in [3.8, 4) is 0 Å². The monoisotopic (exact) mass is 222 g/mol. The number of hydrogen-bond acceptors (Lipinski definition) is 2. The summed E-state index contributed by atoms with van der Waals surface area (Å²) in [5.41, 5.74) is 6.33. The smallest absolute Gasteiger partial charge is 0.00987 e. The van der Waals surface area contributed by atoms with Gasteiger partial charge in [-0.3, -0.25) is 4.90 Å². The van der Waals surface area contributed by atoms with Gasteiger partial charge in [0.2, 0.25) is 0 Å². The summed E-state index contributed by atoms with van der Waals surface area (Å²) in [5, 5.41) is 0. The zero-order chi connectivity index (χ0) is 11.0. The average molecular weight is 222 g/mol. The zero-order valence-electron chi connectivity index (χ0n) is 10.4. The lowest BCUT2D eigenvalue weighted by molar-refractivity contribution is 0.165. The van der Waals surface area contributed by atoms with Crippen LogP contribution in [0, 0.1) is 11.8 Å². The molecule has 0 aromatic rings. The van der Waals surface area contributed by atoms with Crippen LogP contribution >= 0.6 is 0 Å². The summed E-state index contributed by atoms with van der Waals surface area (Å²) >= 11 is 0. The Morgan fingerprint density at radius 2 is 1.88 bits per heavy atom. The maximum absolute atomic E-state index is 6.33. The van der Waals surface area contributed by atoms with E-state index in [2.05, 4.69) is 4.90 Å². The lowest BCUT2D eigenvalue weighted by Crippen LogP contribution is -2.42. The van der Waals surface area contributed by atoms with Crippen LogP contribution in [0.5, 0.6) is 0 Å². The molecule has 2 saturated carbocycles. The third kappa shape index (κ3) is 2.14. The number of hydrogen-bond donors (Lipinski definition) is 1. The number of piperidine rings is 1. The van der Waals surface area contributed by atoms with Gasteiger partial charge >= 0.3 is 0 Å². The van der Waals surface area contributed by atoms with Crippen molar-refractivity contribution in [1.29, 1.82) is 0 Å². The molecule has 3 aliphatic rings. The first-order chi connectivity index (χ1) is 7.83. The van der Waals surface area contributed by atoms with Crippen molar-refractivity contribution in [2.75, 3.05) is 13.1 Å². The summed E-state index contributed by atoms with van der Waals surface area (Å²) in [7, 11) is 0. The Kier molecular flexibility index (Phi) is 3.21. The highest BCUT2D eigenvalue weighted by Crippen LogP contribution is 2.38. The molecule has 4 unspecified atom stereocenters. The van der Waals surface area contributed by atoms with E-state index in [0.29, 0.717) is 6.04 Å². The third-order valence-corrected chi connectivity index (χ3v) is 5.21. The number of rotatable bonds is 2. The molecule has 1 saturated heterocycles. The van der Waals surface area contributed by atoms with Crippen LogP contribution in [-0.4, -0.2) is 30.1 Å². The summed E-state index contributed by atoms with van der Waals surface area (Å²) in [6, 6.07) is 1.42. The van der Waals surface area contributed by atoms with E-state index in [1.54, 1.807) is 0 Å². The van der Waals surface area contributed by atoms with Crippen LogP contribution in [-0.2, 0) is 0 Å². The molecule has 2 bridgehead atoms. The first-order valence-corrected chi connectivity index (χ1v) is 7.32. The van der Waals surface area contributed by atoms with E-state index in [1.807, 2.05) is 0 Å². The van der Waals surface area contributed by atoms with Crippen molar-refractivity contribution >= 4 is 0 Å². The van der Waals surface area contributed by atoms with Crippen molar-refractivity contribution in [1.82, 2.24) is 4.90 Å². The number of fused-ring (bicyclic) bond motifs is 2. The molecule has 0 radical (unpaired) electrons. The molecule has 2 N–H and O–H groups in total. The van der Waals surface area contributed by atoms with Gasteiger partial charge in [0.25, 0.3) is 0 Å². The highest BCUT2D eigenvalue weighted by molar-refractivity contribution is 4.93. The molecule has 3 fully saturated rings. The SMILES string of the molecule is NC1CCCCCC1CN1CC2CCC1C2. The second kappa shape index (κ2) is 4.66. The molecular weight excluding hydrogens is 196 g/mol. The molecule has 2 nitrogen and oxygen atoms in total. The lowest BCUT2D eigenvalue weighted by Gasteiger charge is -2.32. The number of nitrogens with zero attached hydrogens (tertiary/aromatic N) is 1. The van der Waals surface area contributed by atoms with Crippen LogP contribution in [0.1, 0.15) is 51.4 Å². The first kappa shape index (κ1) is 11.0. The molecule has 92 valence electrons. The van der Waals surface area contributed by atoms with Crippen LogP contribution < -0.4 is 5.73 Å². The maximum atomic E-state index is 6.33. The quantitative estimate of drug-likeness (QED) is 0.727. The number of likely N-dealkylation sites (tertiary alicyclic amines) is 1. The van der Waals surface area contributed by atoms with E-state index in [9.17, 15) is 0 Å². The fourth-order valence-corrected chi connectivity index (χ4v) is 4.19. The van der Waals surface area contributed by atoms with Gasteiger partial charge in [-0.25, -0.2) is 0 Å². The Morgan fingerprint density at radius 3 is 2.62 bits per heavy atom. The second-order valence-electron chi connectivity index (χ2n) is 6.35. The van der Waals surface area contributed by atoms with Crippen molar-refractivity contribution in [2.45, 2.75) is 63.5 Å². The number of nitrogens with two attached hydrogens (primary N) is 1. The summed E-state index contributed by atoms with van der Waals surface area (Å²) in [4.78, 5) is 2.77.